The number of hydrogen-bond donors (Lipinski definition) is 0. The zero-order chi connectivity index (χ0) is 23.8. The van der Waals surface area contributed by atoms with Crippen LogP contribution >= 0.6 is 0 Å². The van der Waals surface area contributed by atoms with Gasteiger partial charge in [0.2, 0.25) is 0 Å². The molecule has 0 fully saturated rings. The molecule has 35 heavy (non-hydrogen) atoms. The predicted molar refractivity (Wildman–Crippen MR) is 150 cm³/mol. The van der Waals surface area contributed by atoms with E-state index in [0.717, 1.165) is 0 Å². The molecule has 0 spiro atoms. The Kier molecular flexibility index (Phi) is 5.35. The van der Waals surface area contributed by atoms with Gasteiger partial charge in [-0.25, -0.2) is 0 Å². The van der Waals surface area contributed by atoms with Crippen LogP contribution in [0.5, 0.6) is 0 Å². The molecule has 1 aromatic heterocycles. The van der Waals surface area contributed by atoms with E-state index in [9.17, 15) is 0 Å². The lowest BCUT2D eigenvalue weighted by Gasteiger charge is -2.29. The first-order valence-electron chi connectivity index (χ1n) is 12.2. The molecule has 2 nitrogen and oxygen atoms in total. The summed E-state index contributed by atoms with van der Waals surface area (Å²) in [5.41, 5.74) is 8.52. The summed E-state index contributed by atoms with van der Waals surface area (Å²) >= 11 is 0. The molecule has 0 aliphatic rings. The Hall–Kier alpha value is -4.30. The molecule has 0 unspecified atom stereocenters. The van der Waals surface area contributed by atoms with Crippen molar-refractivity contribution in [1.82, 2.24) is 4.57 Å². The molecule has 5 aromatic carbocycles. The number of aromatic nitrogens is 1. The van der Waals surface area contributed by atoms with Crippen LogP contribution in [0.2, 0.25) is 0 Å². The Bertz CT molecular complexity index is 1590. The summed E-state index contributed by atoms with van der Waals surface area (Å²) in [6, 6.07) is 46.1. The van der Waals surface area contributed by atoms with E-state index in [4.69, 9.17) is 0 Å². The monoisotopic (exact) mass is 452 g/mol. The molecule has 0 bridgehead atoms. The summed E-state index contributed by atoms with van der Waals surface area (Å²) in [4.78, 5) is 2.38. The zero-order valence-electron chi connectivity index (χ0n) is 20.1. The first kappa shape index (κ1) is 21.2. The van der Waals surface area contributed by atoms with Gasteiger partial charge in [0.05, 0.1) is 11.0 Å². The maximum absolute atomic E-state index is 2.38. The third-order valence-electron chi connectivity index (χ3n) is 6.72. The summed E-state index contributed by atoms with van der Waals surface area (Å²) in [7, 11) is 0. The number of hydrogen-bond acceptors (Lipinski definition) is 1. The number of rotatable bonds is 5. The lowest BCUT2D eigenvalue weighted by atomic mass is 10.0. The van der Waals surface area contributed by atoms with Gasteiger partial charge in [-0.05, 0) is 79.6 Å². The molecule has 0 saturated carbocycles. The number of benzene rings is 5. The summed E-state index contributed by atoms with van der Waals surface area (Å²) in [6.45, 7) is 4.47. The third-order valence-corrected chi connectivity index (χ3v) is 6.72. The van der Waals surface area contributed by atoms with Gasteiger partial charge >= 0.3 is 0 Å². The Morgan fingerprint density at radius 2 is 1.09 bits per heavy atom. The van der Waals surface area contributed by atoms with Crippen LogP contribution in [-0.2, 0) is 0 Å². The first-order valence-corrected chi connectivity index (χ1v) is 12.2. The lowest BCUT2D eigenvalue weighted by molar-refractivity contribution is 0.789. The van der Waals surface area contributed by atoms with E-state index in [1.54, 1.807) is 0 Å². The molecular formula is C33H28N2. The molecule has 6 rings (SSSR count). The molecule has 170 valence electrons. The Balaban J connectivity index is 1.44. The Labute approximate surface area is 206 Å². The molecule has 1 heterocycles. The molecule has 0 radical (unpaired) electrons. The highest BCUT2D eigenvalue weighted by atomic mass is 15.2. The maximum Gasteiger partial charge on any atom is 0.0541 e. The van der Waals surface area contributed by atoms with Crippen molar-refractivity contribution < 1.29 is 0 Å². The number of fused-ring (bicyclic) bond motifs is 3. The van der Waals surface area contributed by atoms with Crippen molar-refractivity contribution in [3.8, 4) is 16.8 Å². The van der Waals surface area contributed by atoms with Crippen molar-refractivity contribution in [3.05, 3.63) is 127 Å². The van der Waals surface area contributed by atoms with E-state index in [-0.39, 0.29) is 0 Å². The second-order valence-corrected chi connectivity index (χ2v) is 9.27. The van der Waals surface area contributed by atoms with Gasteiger partial charge in [-0.15, -0.1) is 0 Å². The summed E-state index contributed by atoms with van der Waals surface area (Å²) < 4.78 is 2.36. The third kappa shape index (κ3) is 3.77. The highest BCUT2D eigenvalue weighted by Gasteiger charge is 2.15. The molecule has 0 aliphatic carbocycles. The standard InChI is InChI=1S/C33H28N2/c1-24(2)34(27-11-5-3-6-12-27)29-20-17-25(18-21-29)26-19-22-33-31(23-26)30-15-9-10-16-32(30)35(33)28-13-7-4-8-14-28/h3-24H,1-2H3. The average Bonchev–Trinajstić information content (AvgIpc) is 3.24. The number of anilines is 2. The van der Waals surface area contributed by atoms with Gasteiger partial charge in [0, 0.05) is 33.9 Å². The fourth-order valence-corrected chi connectivity index (χ4v) is 5.16. The molecule has 0 amide bonds. The molecule has 6 aromatic rings. The molecule has 0 atom stereocenters. The van der Waals surface area contributed by atoms with Crippen molar-refractivity contribution >= 4 is 33.2 Å². The van der Waals surface area contributed by atoms with Crippen molar-refractivity contribution in [2.24, 2.45) is 0 Å². The van der Waals surface area contributed by atoms with Gasteiger partial charge in [0.1, 0.15) is 0 Å². The predicted octanol–water partition coefficient (Wildman–Crippen LogP) is 9.00. The molecule has 0 N–H and O–H groups in total. The summed E-state index contributed by atoms with van der Waals surface area (Å²) in [5.74, 6) is 0. The van der Waals surface area contributed by atoms with Crippen LogP contribution in [-0.4, -0.2) is 10.6 Å². The molecule has 2 heteroatoms. The minimum absolute atomic E-state index is 0.365. The van der Waals surface area contributed by atoms with Crippen LogP contribution in [0.4, 0.5) is 11.4 Å². The van der Waals surface area contributed by atoms with Crippen molar-refractivity contribution in [2.75, 3.05) is 4.90 Å². The van der Waals surface area contributed by atoms with E-state index in [2.05, 4.69) is 151 Å². The second kappa shape index (κ2) is 8.81. The largest absolute Gasteiger partial charge is 0.339 e. The van der Waals surface area contributed by atoms with Crippen molar-refractivity contribution in [2.45, 2.75) is 19.9 Å². The van der Waals surface area contributed by atoms with Crippen LogP contribution in [0.1, 0.15) is 13.8 Å². The van der Waals surface area contributed by atoms with E-state index >= 15 is 0 Å². The van der Waals surface area contributed by atoms with E-state index in [1.807, 2.05) is 0 Å². The van der Waals surface area contributed by atoms with E-state index < -0.39 is 0 Å². The van der Waals surface area contributed by atoms with Gasteiger partial charge in [0.15, 0.2) is 0 Å². The van der Waals surface area contributed by atoms with Crippen LogP contribution < -0.4 is 4.90 Å². The van der Waals surface area contributed by atoms with E-state index in [1.165, 1.54) is 50.0 Å². The van der Waals surface area contributed by atoms with Crippen LogP contribution in [0, 0.1) is 0 Å². The quantitative estimate of drug-likeness (QED) is 0.253. The van der Waals surface area contributed by atoms with E-state index in [0.29, 0.717) is 6.04 Å². The van der Waals surface area contributed by atoms with Gasteiger partial charge < -0.3 is 9.47 Å². The van der Waals surface area contributed by atoms with Crippen molar-refractivity contribution in [1.29, 1.82) is 0 Å². The minimum Gasteiger partial charge on any atom is -0.339 e. The Morgan fingerprint density at radius 1 is 0.514 bits per heavy atom. The lowest BCUT2D eigenvalue weighted by Crippen LogP contribution is -2.25. The molecular weight excluding hydrogens is 424 g/mol. The highest BCUT2D eigenvalue weighted by Crippen LogP contribution is 2.36. The van der Waals surface area contributed by atoms with Crippen molar-refractivity contribution in [3.63, 3.8) is 0 Å². The number of nitrogens with zero attached hydrogens (tertiary/aromatic N) is 2. The number of para-hydroxylation sites is 3. The van der Waals surface area contributed by atoms with Gasteiger partial charge in [-0.2, -0.15) is 0 Å². The Morgan fingerprint density at radius 3 is 1.80 bits per heavy atom. The maximum atomic E-state index is 2.38. The fourth-order valence-electron chi connectivity index (χ4n) is 5.16. The SMILES string of the molecule is CC(C)N(c1ccccc1)c1ccc(-c2ccc3c(c2)c2ccccc2n3-c2ccccc2)cc1. The fraction of sp³-hybridized carbons (Fsp3) is 0.0909. The minimum atomic E-state index is 0.365. The second-order valence-electron chi connectivity index (χ2n) is 9.27. The van der Waals surface area contributed by atoms with Crippen LogP contribution in [0.15, 0.2) is 127 Å². The van der Waals surface area contributed by atoms with Crippen LogP contribution in [0.25, 0.3) is 38.6 Å². The summed E-state index contributed by atoms with van der Waals surface area (Å²) in [5, 5.41) is 2.55. The topological polar surface area (TPSA) is 8.17 Å². The average molecular weight is 453 g/mol. The smallest absolute Gasteiger partial charge is 0.0541 e. The van der Waals surface area contributed by atoms with Gasteiger partial charge in [0.25, 0.3) is 0 Å². The molecule has 0 saturated heterocycles. The highest BCUT2D eigenvalue weighted by molar-refractivity contribution is 6.10. The molecule has 0 aliphatic heterocycles. The zero-order valence-corrected chi connectivity index (χ0v) is 20.1. The normalized spacial score (nSPS) is 11.4. The first-order chi connectivity index (χ1) is 17.2. The van der Waals surface area contributed by atoms with Crippen LogP contribution in [0.3, 0.4) is 0 Å². The van der Waals surface area contributed by atoms with Gasteiger partial charge in [-0.1, -0.05) is 72.8 Å². The van der Waals surface area contributed by atoms with Gasteiger partial charge in [-0.3, -0.25) is 0 Å². The summed E-state index contributed by atoms with van der Waals surface area (Å²) in [6.07, 6.45) is 0.